The number of rotatable bonds is 2. The van der Waals surface area contributed by atoms with Crippen molar-refractivity contribution in [2.75, 3.05) is 11.5 Å². The summed E-state index contributed by atoms with van der Waals surface area (Å²) in [5.74, 6) is 0.0157. The number of hydrogen-bond acceptors (Lipinski definition) is 3. The van der Waals surface area contributed by atoms with Crippen molar-refractivity contribution in [2.45, 2.75) is 26.2 Å². The Morgan fingerprint density at radius 2 is 2.11 bits per heavy atom. The summed E-state index contributed by atoms with van der Waals surface area (Å²) in [6.07, 6.45) is 0.605. The Labute approximate surface area is 108 Å². The minimum absolute atomic E-state index is 0.0551. The van der Waals surface area contributed by atoms with E-state index in [4.69, 9.17) is 0 Å². The molecule has 0 bridgehead atoms. The van der Waals surface area contributed by atoms with Gasteiger partial charge in [-0.1, -0.05) is 23.8 Å². The van der Waals surface area contributed by atoms with Crippen LogP contribution in [0.2, 0.25) is 0 Å². The molecule has 1 aliphatic heterocycles. The molecule has 2 unspecified atom stereocenters. The Kier molecular flexibility index (Phi) is 3.45. The van der Waals surface area contributed by atoms with Gasteiger partial charge in [-0.25, -0.2) is 8.42 Å². The van der Waals surface area contributed by atoms with Crippen molar-refractivity contribution in [1.29, 1.82) is 5.26 Å². The zero-order chi connectivity index (χ0) is 13.3. The van der Waals surface area contributed by atoms with Gasteiger partial charge in [-0.3, -0.25) is 0 Å². The Morgan fingerprint density at radius 1 is 1.39 bits per heavy atom. The van der Waals surface area contributed by atoms with Crippen molar-refractivity contribution in [3.05, 3.63) is 34.9 Å². The molecule has 0 aliphatic carbocycles. The normalized spacial score (nSPS) is 23.5. The first-order valence-corrected chi connectivity index (χ1v) is 7.92. The highest BCUT2D eigenvalue weighted by molar-refractivity contribution is 7.91. The first-order valence-electron chi connectivity index (χ1n) is 6.10. The summed E-state index contributed by atoms with van der Waals surface area (Å²) in [5, 5.41) is 9.38. The maximum atomic E-state index is 11.5. The summed E-state index contributed by atoms with van der Waals surface area (Å²) in [6, 6.07) is 8.32. The Bertz CT molecular complexity index is 599. The van der Waals surface area contributed by atoms with E-state index >= 15 is 0 Å². The monoisotopic (exact) mass is 263 g/mol. The molecular formula is C14H17NO2S. The second-order valence-corrected chi connectivity index (χ2v) is 7.36. The molecule has 1 saturated heterocycles. The summed E-state index contributed by atoms with van der Waals surface area (Å²) in [7, 11) is -2.93. The van der Waals surface area contributed by atoms with Gasteiger partial charge in [0.2, 0.25) is 0 Å². The molecular weight excluding hydrogens is 246 g/mol. The van der Waals surface area contributed by atoms with E-state index in [2.05, 4.69) is 6.07 Å². The lowest BCUT2D eigenvalue weighted by Crippen LogP contribution is -2.14. The average Bonchev–Trinajstić information content (AvgIpc) is 2.65. The molecule has 4 heteroatoms. The molecule has 3 nitrogen and oxygen atoms in total. The average molecular weight is 263 g/mol. The summed E-state index contributed by atoms with van der Waals surface area (Å²) < 4.78 is 23.1. The van der Waals surface area contributed by atoms with E-state index in [1.54, 1.807) is 0 Å². The van der Waals surface area contributed by atoms with E-state index in [0.717, 1.165) is 16.7 Å². The van der Waals surface area contributed by atoms with Gasteiger partial charge in [0.25, 0.3) is 0 Å². The lowest BCUT2D eigenvalue weighted by atomic mass is 9.84. The number of aryl methyl sites for hydroxylation is 2. The summed E-state index contributed by atoms with van der Waals surface area (Å²) in [5.41, 5.74) is 3.16. The van der Waals surface area contributed by atoms with Crippen LogP contribution in [-0.4, -0.2) is 19.9 Å². The topological polar surface area (TPSA) is 57.9 Å². The van der Waals surface area contributed by atoms with E-state index in [1.807, 2.05) is 32.0 Å². The highest BCUT2D eigenvalue weighted by Gasteiger charge is 2.35. The van der Waals surface area contributed by atoms with Crippen molar-refractivity contribution in [3.8, 4) is 6.07 Å². The first kappa shape index (κ1) is 13.1. The first-order chi connectivity index (χ1) is 8.43. The van der Waals surface area contributed by atoms with Crippen LogP contribution >= 0.6 is 0 Å². The molecule has 1 aromatic carbocycles. The van der Waals surface area contributed by atoms with E-state index in [1.165, 1.54) is 0 Å². The van der Waals surface area contributed by atoms with Crippen LogP contribution in [0.15, 0.2) is 18.2 Å². The van der Waals surface area contributed by atoms with Crippen LogP contribution in [0.3, 0.4) is 0 Å². The summed E-state index contributed by atoms with van der Waals surface area (Å²) >= 11 is 0. The van der Waals surface area contributed by atoms with Crippen LogP contribution in [0.25, 0.3) is 0 Å². The molecule has 2 rings (SSSR count). The van der Waals surface area contributed by atoms with Crippen LogP contribution in [0.5, 0.6) is 0 Å². The molecule has 1 aromatic rings. The molecule has 1 heterocycles. The molecule has 0 amide bonds. The molecule has 96 valence electrons. The van der Waals surface area contributed by atoms with Gasteiger partial charge in [0.15, 0.2) is 9.84 Å². The molecule has 0 radical (unpaired) electrons. The molecule has 2 atom stereocenters. The van der Waals surface area contributed by atoms with Gasteiger partial charge in [-0.2, -0.15) is 5.26 Å². The lowest BCUT2D eigenvalue weighted by Gasteiger charge is -2.18. The van der Waals surface area contributed by atoms with Crippen LogP contribution < -0.4 is 0 Å². The fraction of sp³-hybridized carbons (Fsp3) is 0.500. The van der Waals surface area contributed by atoms with Gasteiger partial charge in [-0.05, 0) is 37.3 Å². The summed E-state index contributed by atoms with van der Waals surface area (Å²) in [6.45, 7) is 3.96. The lowest BCUT2D eigenvalue weighted by molar-refractivity contribution is 0.539. The molecule has 0 N–H and O–H groups in total. The number of nitriles is 1. The fourth-order valence-electron chi connectivity index (χ4n) is 2.61. The standard InChI is InChI=1S/C14H17NO2S/c1-10-3-4-11(2)13(7-10)14(8-15)12-5-6-18(16,17)9-12/h3-4,7,12,14H,5-6,9H2,1-2H3. The highest BCUT2D eigenvalue weighted by atomic mass is 32.2. The number of benzene rings is 1. The van der Waals surface area contributed by atoms with Crippen molar-refractivity contribution in [3.63, 3.8) is 0 Å². The Balaban J connectivity index is 2.35. The van der Waals surface area contributed by atoms with Gasteiger partial charge in [-0.15, -0.1) is 0 Å². The van der Waals surface area contributed by atoms with Crippen LogP contribution in [0.4, 0.5) is 0 Å². The maximum absolute atomic E-state index is 11.5. The zero-order valence-electron chi connectivity index (χ0n) is 10.7. The number of hydrogen-bond donors (Lipinski definition) is 0. The predicted molar refractivity (Wildman–Crippen MR) is 71.0 cm³/mol. The third-order valence-corrected chi connectivity index (χ3v) is 5.44. The van der Waals surface area contributed by atoms with Crippen LogP contribution in [0, 0.1) is 31.1 Å². The molecule has 1 aliphatic rings. The van der Waals surface area contributed by atoms with Crippen molar-refractivity contribution in [1.82, 2.24) is 0 Å². The van der Waals surface area contributed by atoms with Crippen LogP contribution in [0.1, 0.15) is 29.0 Å². The minimum atomic E-state index is -2.93. The summed E-state index contributed by atoms with van der Waals surface area (Å²) in [4.78, 5) is 0. The Morgan fingerprint density at radius 3 is 2.67 bits per heavy atom. The highest BCUT2D eigenvalue weighted by Crippen LogP contribution is 2.34. The van der Waals surface area contributed by atoms with Gasteiger partial charge in [0.05, 0.1) is 23.5 Å². The molecule has 0 saturated carbocycles. The second-order valence-electron chi connectivity index (χ2n) is 5.13. The van der Waals surface area contributed by atoms with Crippen molar-refractivity contribution in [2.24, 2.45) is 5.92 Å². The van der Waals surface area contributed by atoms with E-state index in [0.29, 0.717) is 6.42 Å². The second kappa shape index (κ2) is 4.74. The Hall–Kier alpha value is -1.34. The quantitative estimate of drug-likeness (QED) is 0.823. The SMILES string of the molecule is Cc1ccc(C)c(C(C#N)C2CCS(=O)(=O)C2)c1. The smallest absolute Gasteiger partial charge is 0.150 e. The predicted octanol–water partition coefficient (Wildman–Crippen LogP) is 2.35. The largest absolute Gasteiger partial charge is 0.229 e. The van der Waals surface area contributed by atoms with Gasteiger partial charge in [0.1, 0.15) is 0 Å². The molecule has 18 heavy (non-hydrogen) atoms. The third kappa shape index (κ3) is 2.56. The van der Waals surface area contributed by atoms with Crippen LogP contribution in [-0.2, 0) is 9.84 Å². The zero-order valence-corrected chi connectivity index (χ0v) is 11.5. The van der Waals surface area contributed by atoms with E-state index < -0.39 is 9.84 Å². The van der Waals surface area contributed by atoms with Crippen molar-refractivity contribution < 1.29 is 8.42 Å². The minimum Gasteiger partial charge on any atom is -0.229 e. The fourth-order valence-corrected chi connectivity index (χ4v) is 4.45. The molecule has 0 aromatic heterocycles. The van der Waals surface area contributed by atoms with Crippen molar-refractivity contribution >= 4 is 9.84 Å². The van der Waals surface area contributed by atoms with Gasteiger partial charge in [0, 0.05) is 0 Å². The number of sulfone groups is 1. The van der Waals surface area contributed by atoms with E-state index in [9.17, 15) is 13.7 Å². The molecule has 1 fully saturated rings. The molecule has 0 spiro atoms. The number of nitrogens with zero attached hydrogens (tertiary/aromatic N) is 1. The maximum Gasteiger partial charge on any atom is 0.150 e. The van der Waals surface area contributed by atoms with E-state index in [-0.39, 0.29) is 23.3 Å². The van der Waals surface area contributed by atoms with Gasteiger partial charge >= 0.3 is 0 Å². The van der Waals surface area contributed by atoms with Gasteiger partial charge < -0.3 is 0 Å². The third-order valence-electron chi connectivity index (χ3n) is 3.65.